The Balaban J connectivity index is 1.73. The highest BCUT2D eigenvalue weighted by molar-refractivity contribution is 6.36. The van der Waals surface area contributed by atoms with Crippen molar-refractivity contribution in [2.24, 2.45) is 0 Å². The maximum atomic E-state index is 12.3. The molecule has 1 amide bonds. The second-order valence-corrected chi connectivity index (χ2v) is 6.23. The number of carbonyl (C=O) groups is 2. The zero-order valence-electron chi connectivity index (χ0n) is 15.2. The van der Waals surface area contributed by atoms with E-state index in [1.807, 2.05) is 0 Å². The van der Waals surface area contributed by atoms with Crippen LogP contribution >= 0.6 is 11.6 Å². The molecular weight excluding hydrogens is 427 g/mol. The van der Waals surface area contributed by atoms with Gasteiger partial charge in [-0.15, -0.1) is 13.2 Å². The van der Waals surface area contributed by atoms with Crippen molar-refractivity contribution < 1.29 is 32.2 Å². The van der Waals surface area contributed by atoms with Crippen molar-refractivity contribution in [2.45, 2.75) is 6.36 Å². The largest absolute Gasteiger partial charge is 0.573 e. The molecule has 7 nitrogen and oxygen atoms in total. The van der Waals surface area contributed by atoms with Crippen LogP contribution in [0, 0.1) is 0 Å². The number of methoxy groups -OCH3 is 1. The fraction of sp³-hybridized carbons (Fsp3) is 0.105. The molecule has 0 aliphatic heterocycles. The summed E-state index contributed by atoms with van der Waals surface area (Å²) in [6.45, 7) is 0. The number of hydrogen-bond acceptors (Lipinski definition) is 5. The summed E-state index contributed by atoms with van der Waals surface area (Å²) in [4.78, 5) is 23.8. The molecule has 11 heteroatoms. The molecule has 30 heavy (non-hydrogen) atoms. The van der Waals surface area contributed by atoms with Crippen LogP contribution in [0.4, 0.5) is 19.0 Å². The molecule has 2 aromatic carbocycles. The van der Waals surface area contributed by atoms with Gasteiger partial charge >= 0.3 is 12.3 Å². The van der Waals surface area contributed by atoms with Crippen LogP contribution in [0.25, 0.3) is 11.3 Å². The number of esters is 1. The number of ether oxygens (including phenoxy) is 2. The topological polar surface area (TPSA) is 93.3 Å². The minimum atomic E-state index is -4.82. The third kappa shape index (κ3) is 4.90. The van der Waals surface area contributed by atoms with Crippen LogP contribution < -0.4 is 10.1 Å². The van der Waals surface area contributed by atoms with Crippen LogP contribution in [-0.2, 0) is 4.74 Å². The number of halogens is 4. The second-order valence-electron chi connectivity index (χ2n) is 5.86. The number of rotatable bonds is 5. The number of alkyl halides is 3. The second kappa shape index (κ2) is 8.46. The van der Waals surface area contributed by atoms with Crippen molar-refractivity contribution in [1.82, 2.24) is 10.2 Å². The van der Waals surface area contributed by atoms with E-state index in [4.69, 9.17) is 11.6 Å². The first-order valence-electron chi connectivity index (χ1n) is 8.27. The molecule has 0 saturated carbocycles. The fourth-order valence-corrected chi connectivity index (χ4v) is 2.72. The quantitative estimate of drug-likeness (QED) is 0.564. The highest BCUT2D eigenvalue weighted by Crippen LogP contribution is 2.32. The Morgan fingerprint density at radius 2 is 1.63 bits per heavy atom. The van der Waals surface area contributed by atoms with Gasteiger partial charge in [0.05, 0.1) is 18.4 Å². The average Bonchev–Trinajstić information content (AvgIpc) is 3.07. The van der Waals surface area contributed by atoms with Crippen molar-refractivity contribution in [2.75, 3.05) is 12.4 Å². The number of aromatic nitrogens is 2. The molecule has 0 atom stereocenters. The highest BCUT2D eigenvalue weighted by Gasteiger charge is 2.31. The molecule has 3 aromatic rings. The minimum Gasteiger partial charge on any atom is -0.465 e. The predicted molar refractivity (Wildman–Crippen MR) is 101 cm³/mol. The van der Waals surface area contributed by atoms with Crippen molar-refractivity contribution in [1.29, 1.82) is 0 Å². The first kappa shape index (κ1) is 21.2. The van der Waals surface area contributed by atoms with Gasteiger partial charge in [-0.25, -0.2) is 4.79 Å². The lowest BCUT2D eigenvalue weighted by Crippen LogP contribution is -2.17. The number of amides is 1. The van der Waals surface area contributed by atoms with Gasteiger partial charge in [-0.2, -0.15) is 5.10 Å². The summed E-state index contributed by atoms with van der Waals surface area (Å²) < 4.78 is 45.0. The summed E-state index contributed by atoms with van der Waals surface area (Å²) in [7, 11) is 1.27. The van der Waals surface area contributed by atoms with Crippen molar-refractivity contribution >= 4 is 29.3 Å². The van der Waals surface area contributed by atoms with Crippen LogP contribution in [0.1, 0.15) is 20.7 Å². The Morgan fingerprint density at radius 3 is 2.20 bits per heavy atom. The summed E-state index contributed by atoms with van der Waals surface area (Å²) in [5, 5.41) is 9.22. The Labute approximate surface area is 172 Å². The summed E-state index contributed by atoms with van der Waals surface area (Å²) in [5.41, 5.74) is 1.43. The van der Waals surface area contributed by atoms with E-state index in [-0.39, 0.29) is 16.4 Å². The van der Waals surface area contributed by atoms with Gasteiger partial charge in [-0.05, 0) is 36.4 Å². The molecule has 0 radical (unpaired) electrons. The van der Waals surface area contributed by atoms with Crippen LogP contribution in [0.3, 0.4) is 0 Å². The number of carbonyl (C=O) groups excluding carboxylic acids is 2. The highest BCUT2D eigenvalue weighted by atomic mass is 35.5. The lowest BCUT2D eigenvalue weighted by Gasteiger charge is -2.09. The van der Waals surface area contributed by atoms with Gasteiger partial charge in [0.25, 0.3) is 5.91 Å². The molecule has 0 unspecified atom stereocenters. The zero-order chi connectivity index (χ0) is 21.9. The van der Waals surface area contributed by atoms with Gasteiger partial charge in [0, 0.05) is 11.1 Å². The first-order chi connectivity index (χ1) is 14.2. The third-order valence-electron chi connectivity index (χ3n) is 3.88. The minimum absolute atomic E-state index is 0.0318. The summed E-state index contributed by atoms with van der Waals surface area (Å²) in [6, 6.07) is 10.7. The number of anilines is 1. The summed E-state index contributed by atoms with van der Waals surface area (Å²) in [5.74, 6) is -1.54. The molecule has 0 spiro atoms. The van der Waals surface area contributed by atoms with Crippen LogP contribution in [0.15, 0.2) is 48.5 Å². The van der Waals surface area contributed by atoms with Crippen molar-refractivity contribution in [3.63, 3.8) is 0 Å². The van der Waals surface area contributed by atoms with E-state index in [2.05, 4.69) is 25.0 Å². The van der Waals surface area contributed by atoms with E-state index < -0.39 is 24.0 Å². The van der Waals surface area contributed by atoms with Gasteiger partial charge in [0.15, 0.2) is 5.82 Å². The standard InChI is InChI=1S/C19H13ClF3N3O4/c1-29-18(28)12-4-2-10(3-5-12)15-14(20)16(26-25-15)24-17(27)11-6-8-13(9-7-11)30-19(21,22)23/h2-9H,1H3,(H2,24,25,26,27). The van der Waals surface area contributed by atoms with E-state index in [1.165, 1.54) is 19.2 Å². The van der Waals surface area contributed by atoms with E-state index in [9.17, 15) is 22.8 Å². The molecule has 156 valence electrons. The van der Waals surface area contributed by atoms with Gasteiger partial charge < -0.3 is 14.8 Å². The maximum absolute atomic E-state index is 12.3. The Bertz CT molecular complexity index is 1060. The molecule has 0 bridgehead atoms. The van der Waals surface area contributed by atoms with E-state index in [0.29, 0.717) is 16.8 Å². The number of nitrogens with one attached hydrogen (secondary N) is 2. The lowest BCUT2D eigenvalue weighted by atomic mass is 10.1. The van der Waals surface area contributed by atoms with E-state index in [0.717, 1.165) is 12.1 Å². The number of hydrogen-bond donors (Lipinski definition) is 2. The molecule has 0 aliphatic rings. The molecule has 0 fully saturated rings. The van der Waals surface area contributed by atoms with Gasteiger partial charge in [-0.3, -0.25) is 9.89 Å². The first-order valence-corrected chi connectivity index (χ1v) is 8.65. The summed E-state index contributed by atoms with van der Waals surface area (Å²) >= 11 is 6.27. The van der Waals surface area contributed by atoms with Crippen LogP contribution in [0.5, 0.6) is 5.75 Å². The number of aromatic amines is 1. The Kier molecular flexibility index (Phi) is 5.97. The molecule has 1 aromatic heterocycles. The van der Waals surface area contributed by atoms with Crippen LogP contribution in [0.2, 0.25) is 5.02 Å². The van der Waals surface area contributed by atoms with Crippen LogP contribution in [-0.4, -0.2) is 35.5 Å². The molecule has 0 aliphatic carbocycles. The SMILES string of the molecule is COC(=O)c1ccc(-c2[nH]nc(NC(=O)c3ccc(OC(F)(F)F)cc3)c2Cl)cc1. The lowest BCUT2D eigenvalue weighted by molar-refractivity contribution is -0.274. The molecule has 2 N–H and O–H groups in total. The van der Waals surface area contributed by atoms with Gasteiger partial charge in [-0.1, -0.05) is 23.7 Å². The molecule has 0 saturated heterocycles. The van der Waals surface area contributed by atoms with Crippen molar-refractivity contribution in [3.05, 3.63) is 64.7 Å². The normalized spacial score (nSPS) is 11.1. The van der Waals surface area contributed by atoms with E-state index in [1.54, 1.807) is 24.3 Å². The average molecular weight is 440 g/mol. The van der Waals surface area contributed by atoms with E-state index >= 15 is 0 Å². The number of H-pyrrole nitrogens is 1. The number of nitrogens with zero attached hydrogens (tertiary/aromatic N) is 1. The zero-order valence-corrected chi connectivity index (χ0v) is 16.0. The molecule has 3 rings (SSSR count). The predicted octanol–water partition coefficient (Wildman–Crippen LogP) is 4.67. The molecular formula is C19H13ClF3N3O4. The number of benzene rings is 2. The van der Waals surface area contributed by atoms with Gasteiger partial charge in [0.1, 0.15) is 10.8 Å². The van der Waals surface area contributed by atoms with Crippen molar-refractivity contribution in [3.8, 4) is 17.0 Å². The Hall–Kier alpha value is -3.53. The fourth-order valence-electron chi connectivity index (χ4n) is 2.48. The molecule has 1 heterocycles. The third-order valence-corrected chi connectivity index (χ3v) is 4.25. The Morgan fingerprint density at radius 1 is 1.03 bits per heavy atom. The maximum Gasteiger partial charge on any atom is 0.573 e. The summed E-state index contributed by atoms with van der Waals surface area (Å²) in [6.07, 6.45) is -4.82. The smallest absolute Gasteiger partial charge is 0.465 e. The van der Waals surface area contributed by atoms with Gasteiger partial charge in [0.2, 0.25) is 0 Å². The monoisotopic (exact) mass is 439 g/mol.